The number of halogens is 3. The summed E-state index contributed by atoms with van der Waals surface area (Å²) in [6.07, 6.45) is -2.58. The normalized spacial score (nSPS) is 19.0. The summed E-state index contributed by atoms with van der Waals surface area (Å²) in [5.74, 6) is -0.542. The van der Waals surface area contributed by atoms with Crippen LogP contribution in [-0.2, 0) is 0 Å². The van der Waals surface area contributed by atoms with Crippen molar-refractivity contribution in [1.82, 2.24) is 15.5 Å². The molecule has 2 aliphatic rings. The molecule has 0 saturated carbocycles. The maximum absolute atomic E-state index is 12.8. The molecule has 154 valence electrons. The Morgan fingerprint density at radius 2 is 2.10 bits per heavy atom. The summed E-state index contributed by atoms with van der Waals surface area (Å²) in [6.45, 7) is 2.14. The Hall–Kier alpha value is -3.31. The lowest BCUT2D eigenvalue weighted by atomic mass is 10.1. The number of carbonyl (C=O) groups excluding carboxylic acids is 2. The molecule has 1 saturated heterocycles. The Bertz CT molecular complexity index is 933. The number of anilines is 3. The van der Waals surface area contributed by atoms with Crippen molar-refractivity contribution >= 4 is 29.3 Å². The number of rotatable bonds is 3. The van der Waals surface area contributed by atoms with Crippen LogP contribution in [0, 0.1) is 0 Å². The molecule has 2 bridgehead atoms. The Labute approximate surface area is 162 Å². The molecule has 29 heavy (non-hydrogen) atoms. The largest absolute Gasteiger partial charge is 0.408 e. The zero-order chi connectivity index (χ0) is 20.8. The minimum Gasteiger partial charge on any atom is -0.366 e. The zero-order valence-corrected chi connectivity index (χ0v) is 15.2. The van der Waals surface area contributed by atoms with E-state index in [0.717, 1.165) is 6.92 Å². The second-order valence-corrected chi connectivity index (χ2v) is 6.85. The number of nitrogens with zero attached hydrogens (tertiary/aromatic N) is 4. The minimum absolute atomic E-state index is 0.186. The molecule has 2 aliphatic heterocycles. The van der Waals surface area contributed by atoms with Gasteiger partial charge in [0.1, 0.15) is 18.0 Å². The van der Waals surface area contributed by atoms with Crippen LogP contribution in [0.4, 0.5) is 35.3 Å². The topological polar surface area (TPSA) is 104 Å². The summed E-state index contributed by atoms with van der Waals surface area (Å²) in [7, 11) is 0. The Balaban J connectivity index is 1.63. The molecule has 2 N–H and O–H groups in total. The van der Waals surface area contributed by atoms with Gasteiger partial charge in [0.15, 0.2) is 11.6 Å². The smallest absolute Gasteiger partial charge is 0.366 e. The van der Waals surface area contributed by atoms with Gasteiger partial charge in [-0.1, -0.05) is 5.16 Å². The fourth-order valence-corrected chi connectivity index (χ4v) is 3.40. The van der Waals surface area contributed by atoms with Gasteiger partial charge in [-0.3, -0.25) is 15.0 Å². The molecule has 12 heteroatoms. The average Bonchev–Trinajstić information content (AvgIpc) is 3.31. The zero-order valence-electron chi connectivity index (χ0n) is 15.2. The van der Waals surface area contributed by atoms with Crippen LogP contribution in [-0.4, -0.2) is 53.4 Å². The van der Waals surface area contributed by atoms with Gasteiger partial charge < -0.3 is 14.7 Å². The average molecular weight is 410 g/mol. The minimum atomic E-state index is -4.57. The molecule has 0 radical (unpaired) electrons. The fourth-order valence-electron chi connectivity index (χ4n) is 3.40. The summed E-state index contributed by atoms with van der Waals surface area (Å²) in [5, 5.41) is 8.10. The van der Waals surface area contributed by atoms with Gasteiger partial charge in [0.25, 0.3) is 5.91 Å². The van der Waals surface area contributed by atoms with Crippen molar-refractivity contribution in [2.45, 2.75) is 31.6 Å². The molecule has 3 amide bonds. The monoisotopic (exact) mass is 410 g/mol. The van der Waals surface area contributed by atoms with E-state index in [1.165, 1.54) is 23.3 Å². The van der Waals surface area contributed by atoms with Crippen LogP contribution in [0.15, 0.2) is 29.0 Å². The first kappa shape index (κ1) is 19.0. The number of carbonyl (C=O) groups is 2. The first-order chi connectivity index (χ1) is 13.7. The summed E-state index contributed by atoms with van der Waals surface area (Å²) in [6, 6.07) is 1.69. The van der Waals surface area contributed by atoms with Crippen molar-refractivity contribution in [3.05, 3.63) is 30.2 Å². The number of aromatic nitrogens is 2. The Morgan fingerprint density at radius 3 is 2.79 bits per heavy atom. The maximum atomic E-state index is 12.8. The molecular weight excluding hydrogens is 393 g/mol. The van der Waals surface area contributed by atoms with Gasteiger partial charge in [-0.2, -0.15) is 13.2 Å². The second-order valence-electron chi connectivity index (χ2n) is 6.85. The summed E-state index contributed by atoms with van der Waals surface area (Å²) in [5.41, 5.74) is 0.427. The molecule has 2 atom stereocenters. The van der Waals surface area contributed by atoms with Crippen LogP contribution in [0.2, 0.25) is 0 Å². The van der Waals surface area contributed by atoms with Gasteiger partial charge in [0.05, 0.1) is 11.7 Å². The molecule has 1 fully saturated rings. The van der Waals surface area contributed by atoms with Gasteiger partial charge in [-0.15, -0.1) is 0 Å². The molecule has 2 aromatic heterocycles. The van der Waals surface area contributed by atoms with E-state index in [9.17, 15) is 22.8 Å². The summed E-state index contributed by atoms with van der Waals surface area (Å²) >= 11 is 0. The summed E-state index contributed by atoms with van der Waals surface area (Å²) in [4.78, 5) is 32.8. The summed E-state index contributed by atoms with van der Waals surface area (Å²) < 4.78 is 42.9. The number of hydrogen-bond acceptors (Lipinski definition) is 6. The van der Waals surface area contributed by atoms with E-state index in [1.807, 2.05) is 10.2 Å². The molecule has 0 aliphatic carbocycles. The molecule has 2 aromatic rings. The number of urea groups is 1. The number of fused-ring (bicyclic) bond motifs is 4. The van der Waals surface area contributed by atoms with E-state index in [-0.39, 0.29) is 23.4 Å². The lowest BCUT2D eigenvalue weighted by Crippen LogP contribution is -2.49. The number of alkyl halides is 3. The number of hydrogen-bond donors (Lipinski definition) is 2. The highest BCUT2D eigenvalue weighted by Gasteiger charge is 2.41. The molecule has 9 nitrogen and oxygen atoms in total. The Kier molecular flexibility index (Phi) is 4.55. The third-order valence-electron chi connectivity index (χ3n) is 4.91. The van der Waals surface area contributed by atoms with Crippen LogP contribution in [0.3, 0.4) is 0 Å². The SMILES string of the molecule is C[C@@H](NC(=O)c1ccc2c(n1)N(C(=O)Nc1ccon1)C1CCN2C1)C(F)(F)F. The Morgan fingerprint density at radius 1 is 1.31 bits per heavy atom. The van der Waals surface area contributed by atoms with Gasteiger partial charge in [-0.05, 0) is 25.5 Å². The highest BCUT2D eigenvalue weighted by Crippen LogP contribution is 2.39. The van der Waals surface area contributed by atoms with Gasteiger partial charge >= 0.3 is 12.2 Å². The quantitative estimate of drug-likeness (QED) is 0.805. The number of amides is 3. The molecular formula is C17H17F3N6O3. The first-order valence-corrected chi connectivity index (χ1v) is 8.88. The van der Waals surface area contributed by atoms with Crippen molar-refractivity contribution < 1.29 is 27.3 Å². The molecule has 1 unspecified atom stereocenters. The lowest BCUT2D eigenvalue weighted by Gasteiger charge is -2.35. The van der Waals surface area contributed by atoms with Crippen LogP contribution in [0.5, 0.6) is 0 Å². The van der Waals surface area contributed by atoms with Crippen LogP contribution >= 0.6 is 0 Å². The molecule has 0 aromatic carbocycles. The van der Waals surface area contributed by atoms with Crippen molar-refractivity contribution in [3.63, 3.8) is 0 Å². The van der Waals surface area contributed by atoms with Gasteiger partial charge in [0.2, 0.25) is 0 Å². The van der Waals surface area contributed by atoms with Crippen molar-refractivity contribution in [3.8, 4) is 0 Å². The third kappa shape index (κ3) is 3.57. The molecule has 4 rings (SSSR count). The van der Waals surface area contributed by atoms with Crippen molar-refractivity contribution in [2.24, 2.45) is 0 Å². The lowest BCUT2D eigenvalue weighted by molar-refractivity contribution is -0.149. The maximum Gasteiger partial charge on any atom is 0.408 e. The van der Waals surface area contributed by atoms with Crippen molar-refractivity contribution in [2.75, 3.05) is 28.2 Å². The number of pyridine rings is 1. The van der Waals surface area contributed by atoms with Crippen molar-refractivity contribution in [1.29, 1.82) is 0 Å². The molecule has 4 heterocycles. The van der Waals surface area contributed by atoms with Gasteiger partial charge in [0, 0.05) is 19.2 Å². The predicted octanol–water partition coefficient (Wildman–Crippen LogP) is 2.38. The molecule has 0 spiro atoms. The first-order valence-electron chi connectivity index (χ1n) is 8.88. The van der Waals surface area contributed by atoms with E-state index >= 15 is 0 Å². The van der Waals surface area contributed by atoms with E-state index < -0.39 is 24.2 Å². The number of nitrogens with one attached hydrogen (secondary N) is 2. The second kappa shape index (κ2) is 6.94. The van der Waals surface area contributed by atoms with E-state index in [1.54, 1.807) is 6.07 Å². The van der Waals surface area contributed by atoms with E-state index in [2.05, 4.69) is 15.5 Å². The highest BCUT2D eigenvalue weighted by molar-refractivity contribution is 6.04. The standard InChI is InChI=1S/C17H17F3N6O3/c1-9(17(18,19)20)21-15(27)11-2-3-12-14(22-11)26(10-4-6-25(12)8-10)16(28)23-13-5-7-29-24-13/h2-3,5,7,9-10H,4,6,8H2,1H3,(H,21,27)(H,23,24,28)/t9-,10?/m1/s1. The van der Waals surface area contributed by atoms with Crippen LogP contribution in [0.1, 0.15) is 23.8 Å². The fraction of sp³-hybridized carbons (Fsp3) is 0.412. The van der Waals surface area contributed by atoms with E-state index in [4.69, 9.17) is 4.52 Å². The van der Waals surface area contributed by atoms with E-state index in [0.29, 0.717) is 25.2 Å². The highest BCUT2D eigenvalue weighted by atomic mass is 19.4. The third-order valence-corrected chi connectivity index (χ3v) is 4.91. The van der Waals surface area contributed by atoms with Crippen LogP contribution in [0.25, 0.3) is 0 Å². The van der Waals surface area contributed by atoms with Gasteiger partial charge in [-0.25, -0.2) is 9.78 Å². The van der Waals surface area contributed by atoms with Crippen LogP contribution < -0.4 is 20.4 Å². The predicted molar refractivity (Wildman–Crippen MR) is 95.8 cm³/mol.